The van der Waals surface area contributed by atoms with Crippen molar-refractivity contribution in [2.45, 2.75) is 19.4 Å². The van der Waals surface area contributed by atoms with Crippen LogP contribution >= 0.6 is 0 Å². The average molecular weight is 405 g/mol. The van der Waals surface area contributed by atoms with Crippen LogP contribution in [0.2, 0.25) is 0 Å². The number of hydrogen-bond donors (Lipinski definition) is 1. The van der Waals surface area contributed by atoms with E-state index in [4.69, 9.17) is 5.73 Å². The second-order valence-electron chi connectivity index (χ2n) is 3.12. The van der Waals surface area contributed by atoms with Gasteiger partial charge in [-0.3, -0.25) is 4.79 Å². The van der Waals surface area contributed by atoms with Gasteiger partial charge in [-0.1, -0.05) is 36.8 Å². The van der Waals surface area contributed by atoms with Gasteiger partial charge in [0, 0.05) is 78.4 Å². The van der Waals surface area contributed by atoms with E-state index in [-0.39, 0.29) is 82.3 Å². The van der Waals surface area contributed by atoms with Gasteiger partial charge in [0.25, 0.3) is 0 Å². The van der Waals surface area contributed by atoms with Crippen molar-refractivity contribution in [2.75, 3.05) is 6.54 Å². The SMILES string of the molecule is O.O.[NH-]CCCC(=O)NCc1ccccc1.[Y].[Y]. The van der Waals surface area contributed by atoms with Crippen LogP contribution in [0.15, 0.2) is 30.3 Å². The van der Waals surface area contributed by atoms with Crippen LogP contribution in [0.3, 0.4) is 0 Å². The maximum atomic E-state index is 11.2. The van der Waals surface area contributed by atoms with E-state index in [1.165, 1.54) is 0 Å². The minimum Gasteiger partial charge on any atom is -0.677 e. The summed E-state index contributed by atoms with van der Waals surface area (Å²) in [6.45, 7) is 0.899. The molecule has 0 aliphatic rings. The van der Waals surface area contributed by atoms with Crippen molar-refractivity contribution in [3.05, 3.63) is 41.6 Å². The summed E-state index contributed by atoms with van der Waals surface area (Å²) in [7, 11) is 0. The molecule has 6 N–H and O–H groups in total. The van der Waals surface area contributed by atoms with Crippen LogP contribution in [0, 0.1) is 0 Å². The van der Waals surface area contributed by atoms with Gasteiger partial charge in [0.1, 0.15) is 0 Å². The summed E-state index contributed by atoms with van der Waals surface area (Å²) in [6.07, 6.45) is 1.09. The molecule has 0 saturated carbocycles. The van der Waals surface area contributed by atoms with Gasteiger partial charge in [-0.15, -0.1) is 0 Å². The first-order valence-electron chi connectivity index (χ1n) is 4.78. The minimum absolute atomic E-state index is 0. The van der Waals surface area contributed by atoms with Crippen LogP contribution in [0.25, 0.3) is 5.73 Å². The first kappa shape index (κ1) is 27.2. The average Bonchev–Trinajstić information content (AvgIpc) is 2.25. The molecule has 0 saturated heterocycles. The summed E-state index contributed by atoms with van der Waals surface area (Å²) in [5.41, 5.74) is 8.02. The third-order valence-corrected chi connectivity index (χ3v) is 1.91. The number of hydrogen-bond acceptors (Lipinski definition) is 1. The maximum Gasteiger partial charge on any atom is 0.220 e. The van der Waals surface area contributed by atoms with Gasteiger partial charge in [0.2, 0.25) is 5.91 Å². The Morgan fingerprint density at radius 3 is 2.17 bits per heavy atom. The molecule has 0 fully saturated rings. The number of amides is 1. The first-order chi connectivity index (χ1) is 6.83. The summed E-state index contributed by atoms with van der Waals surface area (Å²) in [5.74, 6) is 0.0288. The Balaban J connectivity index is -0.000000245. The standard InChI is InChI=1S/C11H15N2O.2H2O.2Y/c12-8-4-7-11(14)13-9-10-5-2-1-3-6-10;;;;/h1-3,5-6,12H,4,7-9H2,(H,13,14);2*1H2;;/q-1;;;;. The van der Waals surface area contributed by atoms with Crippen LogP contribution in [0.4, 0.5) is 0 Å². The second-order valence-corrected chi connectivity index (χ2v) is 3.12. The Hall–Kier alpha value is 0.778. The van der Waals surface area contributed by atoms with Gasteiger partial charge < -0.3 is 22.0 Å². The minimum atomic E-state index is 0. The Morgan fingerprint density at radius 2 is 1.67 bits per heavy atom. The van der Waals surface area contributed by atoms with Crippen molar-refractivity contribution >= 4 is 5.91 Å². The molecule has 0 aromatic heterocycles. The molecule has 0 aliphatic heterocycles. The number of carbonyl (C=O) groups excluding carboxylic acids is 1. The van der Waals surface area contributed by atoms with Crippen LogP contribution in [-0.4, -0.2) is 23.4 Å². The van der Waals surface area contributed by atoms with Gasteiger partial charge in [0.05, 0.1) is 0 Å². The summed E-state index contributed by atoms with van der Waals surface area (Å²) in [6, 6.07) is 9.80. The second kappa shape index (κ2) is 17.8. The zero-order chi connectivity index (χ0) is 10.2. The van der Waals surface area contributed by atoms with Crippen LogP contribution < -0.4 is 5.32 Å². The van der Waals surface area contributed by atoms with Gasteiger partial charge in [-0.05, 0) is 5.56 Å². The van der Waals surface area contributed by atoms with E-state index in [2.05, 4.69) is 5.32 Å². The van der Waals surface area contributed by atoms with Crippen molar-refractivity contribution < 1.29 is 81.2 Å². The Morgan fingerprint density at radius 1 is 1.11 bits per heavy atom. The third kappa shape index (κ3) is 13.2. The van der Waals surface area contributed by atoms with Crippen molar-refractivity contribution in [3.63, 3.8) is 0 Å². The molecule has 98 valence electrons. The Labute approximate surface area is 158 Å². The third-order valence-electron chi connectivity index (χ3n) is 1.91. The predicted octanol–water partition coefficient (Wildman–Crippen LogP) is 0.481. The summed E-state index contributed by atoms with van der Waals surface area (Å²) >= 11 is 0. The zero-order valence-corrected chi connectivity index (χ0v) is 16.0. The van der Waals surface area contributed by atoms with E-state index in [1.807, 2.05) is 30.3 Å². The molecule has 1 rings (SSSR count). The van der Waals surface area contributed by atoms with Crippen molar-refractivity contribution in [1.29, 1.82) is 0 Å². The molecule has 0 heterocycles. The number of benzene rings is 1. The molecule has 0 bridgehead atoms. The molecule has 5 nitrogen and oxygen atoms in total. The monoisotopic (exact) mass is 405 g/mol. The predicted molar refractivity (Wildman–Crippen MR) is 63.9 cm³/mol. The van der Waals surface area contributed by atoms with E-state index in [1.54, 1.807) is 0 Å². The number of carbonyl (C=O) groups is 1. The first-order valence-corrected chi connectivity index (χ1v) is 4.78. The molecule has 18 heavy (non-hydrogen) atoms. The van der Waals surface area contributed by atoms with Gasteiger partial charge in [-0.25, -0.2) is 0 Å². The quantitative estimate of drug-likeness (QED) is 0.754. The van der Waals surface area contributed by atoms with Crippen molar-refractivity contribution in [3.8, 4) is 0 Å². The molecule has 0 unspecified atom stereocenters. The maximum absolute atomic E-state index is 11.2. The number of nitrogens with one attached hydrogen (secondary N) is 2. The smallest absolute Gasteiger partial charge is 0.220 e. The normalized spacial score (nSPS) is 7.61. The molecule has 7 heteroatoms. The van der Waals surface area contributed by atoms with Gasteiger partial charge >= 0.3 is 0 Å². The molecule has 1 aromatic rings. The number of rotatable bonds is 5. The van der Waals surface area contributed by atoms with E-state index >= 15 is 0 Å². The van der Waals surface area contributed by atoms with E-state index in [9.17, 15) is 4.79 Å². The largest absolute Gasteiger partial charge is 0.677 e. The van der Waals surface area contributed by atoms with E-state index < -0.39 is 0 Å². The van der Waals surface area contributed by atoms with Crippen LogP contribution in [0.5, 0.6) is 0 Å². The molecule has 0 aliphatic carbocycles. The fraction of sp³-hybridized carbons (Fsp3) is 0.364. The van der Waals surface area contributed by atoms with Gasteiger partial charge in [-0.2, -0.15) is 6.54 Å². The molecular weight excluding hydrogens is 386 g/mol. The van der Waals surface area contributed by atoms with Crippen LogP contribution in [0.1, 0.15) is 18.4 Å². The summed E-state index contributed by atoms with van der Waals surface area (Å²) in [5, 5.41) is 2.81. The molecular formula is C11H19N2O3Y2-. The van der Waals surface area contributed by atoms with E-state index in [0.29, 0.717) is 25.9 Å². The molecule has 0 spiro atoms. The Kier molecular flexibility index (Phi) is 26.8. The van der Waals surface area contributed by atoms with Crippen LogP contribution in [-0.2, 0) is 76.8 Å². The topological polar surface area (TPSA) is 116 Å². The molecule has 0 atom stereocenters. The fourth-order valence-electron chi connectivity index (χ4n) is 1.13. The molecule has 2 radical (unpaired) electrons. The van der Waals surface area contributed by atoms with E-state index in [0.717, 1.165) is 5.56 Å². The van der Waals surface area contributed by atoms with Crippen molar-refractivity contribution in [2.24, 2.45) is 0 Å². The summed E-state index contributed by atoms with van der Waals surface area (Å²) in [4.78, 5) is 11.2. The fourth-order valence-corrected chi connectivity index (χ4v) is 1.13. The van der Waals surface area contributed by atoms with Gasteiger partial charge in [0.15, 0.2) is 0 Å². The zero-order valence-electron chi connectivity index (χ0n) is 10.3. The summed E-state index contributed by atoms with van der Waals surface area (Å²) < 4.78 is 0. The molecule has 1 amide bonds. The van der Waals surface area contributed by atoms with Crippen molar-refractivity contribution in [1.82, 2.24) is 5.32 Å². The molecule has 1 aromatic carbocycles. The Bertz CT molecular complexity index is 287.